The van der Waals surface area contributed by atoms with E-state index in [0.29, 0.717) is 24.5 Å². The van der Waals surface area contributed by atoms with Gasteiger partial charge in [-0.15, -0.1) is 0 Å². The van der Waals surface area contributed by atoms with Gasteiger partial charge in [-0.2, -0.15) is 4.98 Å². The number of benzene rings is 1. The topological polar surface area (TPSA) is 92.8 Å². The number of hydrogen-bond donors (Lipinski definition) is 2. The Balaban J connectivity index is 1.66. The molecule has 2 N–H and O–H groups in total. The summed E-state index contributed by atoms with van der Waals surface area (Å²) in [5, 5.41) is 5.53. The van der Waals surface area contributed by atoms with E-state index in [1.54, 1.807) is 24.1 Å². The zero-order chi connectivity index (χ0) is 19.4. The van der Waals surface area contributed by atoms with Gasteiger partial charge in [-0.1, -0.05) is 18.2 Å². The zero-order valence-electron chi connectivity index (χ0n) is 15.5. The fourth-order valence-corrected chi connectivity index (χ4v) is 3.08. The Morgan fingerprint density at radius 2 is 2.00 bits per heavy atom. The van der Waals surface area contributed by atoms with E-state index in [1.165, 1.54) is 14.2 Å². The van der Waals surface area contributed by atoms with E-state index in [4.69, 9.17) is 9.47 Å². The largest absolute Gasteiger partial charge is 0.481 e. The van der Waals surface area contributed by atoms with Gasteiger partial charge in [-0.25, -0.2) is 4.79 Å². The number of ether oxygens (including phenoxy) is 2. The van der Waals surface area contributed by atoms with E-state index in [0.717, 1.165) is 11.3 Å². The van der Waals surface area contributed by atoms with E-state index in [-0.39, 0.29) is 17.7 Å². The molecule has 3 rings (SSSR count). The van der Waals surface area contributed by atoms with E-state index >= 15 is 0 Å². The summed E-state index contributed by atoms with van der Waals surface area (Å²) in [6.45, 7) is 0.342. The minimum Gasteiger partial charge on any atom is -0.481 e. The molecule has 0 radical (unpaired) electrons. The Labute approximate surface area is 157 Å². The average Bonchev–Trinajstić information content (AvgIpc) is 2.70. The molecule has 1 aliphatic rings. The molecule has 2 heterocycles. The standard InChI is InChI=1S/C19H22N4O4/c1-23-15-7-5-4-6-13(15)12(10-17(23)24)11-20-19(25)21-14-8-9-16(26-2)22-18(14)27-3/h4-9,12H,10-11H2,1-3H3,(H2,20,21,25)/t12-/m0/s1. The Morgan fingerprint density at radius 3 is 2.74 bits per heavy atom. The summed E-state index contributed by atoms with van der Waals surface area (Å²) in [5.74, 6) is 0.594. The van der Waals surface area contributed by atoms with Crippen LogP contribution in [0.3, 0.4) is 0 Å². The molecule has 0 unspecified atom stereocenters. The molecule has 0 spiro atoms. The smallest absolute Gasteiger partial charge is 0.319 e. The van der Waals surface area contributed by atoms with Gasteiger partial charge in [0.25, 0.3) is 0 Å². The van der Waals surface area contributed by atoms with Crippen molar-refractivity contribution in [3.63, 3.8) is 0 Å². The fraction of sp³-hybridized carbons (Fsp3) is 0.316. The third-order valence-electron chi connectivity index (χ3n) is 4.53. The van der Waals surface area contributed by atoms with E-state index < -0.39 is 6.03 Å². The highest BCUT2D eigenvalue weighted by Crippen LogP contribution is 2.34. The molecule has 3 amide bonds. The second kappa shape index (κ2) is 7.94. The third-order valence-corrected chi connectivity index (χ3v) is 4.53. The Morgan fingerprint density at radius 1 is 1.22 bits per heavy atom. The first-order valence-corrected chi connectivity index (χ1v) is 8.52. The number of pyridine rings is 1. The van der Waals surface area contributed by atoms with Crippen LogP contribution >= 0.6 is 0 Å². The summed E-state index contributed by atoms with van der Waals surface area (Å²) in [4.78, 5) is 30.3. The first kappa shape index (κ1) is 18.5. The van der Waals surface area contributed by atoms with Crippen LogP contribution in [-0.4, -0.2) is 44.7 Å². The lowest BCUT2D eigenvalue weighted by molar-refractivity contribution is -0.119. The number of anilines is 2. The molecule has 27 heavy (non-hydrogen) atoms. The highest BCUT2D eigenvalue weighted by atomic mass is 16.5. The van der Waals surface area contributed by atoms with Crippen LogP contribution in [0.4, 0.5) is 16.2 Å². The van der Waals surface area contributed by atoms with Crippen LogP contribution in [0, 0.1) is 0 Å². The molecule has 1 atom stereocenters. The summed E-state index contributed by atoms with van der Waals surface area (Å²) < 4.78 is 10.2. The Bertz CT molecular complexity index is 855. The number of carbonyl (C=O) groups is 2. The van der Waals surface area contributed by atoms with Crippen molar-refractivity contribution in [2.24, 2.45) is 0 Å². The van der Waals surface area contributed by atoms with E-state index in [1.807, 2.05) is 24.3 Å². The van der Waals surface area contributed by atoms with Gasteiger partial charge >= 0.3 is 6.03 Å². The first-order chi connectivity index (χ1) is 13.0. The molecule has 1 aromatic heterocycles. The predicted octanol–water partition coefficient (Wildman–Crippen LogP) is 2.37. The van der Waals surface area contributed by atoms with Crippen LogP contribution in [0.2, 0.25) is 0 Å². The number of methoxy groups -OCH3 is 2. The lowest BCUT2D eigenvalue weighted by atomic mass is 9.89. The number of urea groups is 1. The minimum atomic E-state index is -0.399. The molecule has 1 aromatic carbocycles. The Hall–Kier alpha value is -3.29. The monoisotopic (exact) mass is 370 g/mol. The highest BCUT2D eigenvalue weighted by Gasteiger charge is 2.29. The number of nitrogens with one attached hydrogen (secondary N) is 2. The third kappa shape index (κ3) is 3.94. The number of rotatable bonds is 5. The lowest BCUT2D eigenvalue weighted by Crippen LogP contribution is -2.38. The van der Waals surface area contributed by atoms with Crippen molar-refractivity contribution in [2.75, 3.05) is 38.0 Å². The molecule has 142 valence electrons. The van der Waals surface area contributed by atoms with Gasteiger partial charge in [0.15, 0.2) is 0 Å². The molecule has 2 aromatic rings. The van der Waals surface area contributed by atoms with Crippen molar-refractivity contribution < 1.29 is 19.1 Å². The van der Waals surface area contributed by atoms with E-state index in [2.05, 4.69) is 15.6 Å². The summed E-state index contributed by atoms with van der Waals surface area (Å²) >= 11 is 0. The lowest BCUT2D eigenvalue weighted by Gasteiger charge is -2.31. The number of carbonyl (C=O) groups excluding carboxylic acids is 2. The average molecular weight is 370 g/mol. The van der Waals surface area contributed by atoms with Crippen molar-refractivity contribution in [2.45, 2.75) is 12.3 Å². The number of aromatic nitrogens is 1. The number of hydrogen-bond acceptors (Lipinski definition) is 5. The summed E-state index contributed by atoms with van der Waals surface area (Å²) in [6, 6.07) is 10.6. The minimum absolute atomic E-state index is 0.0296. The van der Waals surface area contributed by atoms with Crippen molar-refractivity contribution in [1.82, 2.24) is 10.3 Å². The SMILES string of the molecule is COc1ccc(NC(=O)NC[C@@H]2CC(=O)N(C)c3ccccc32)c(OC)n1. The molecule has 0 saturated carbocycles. The van der Waals surface area contributed by atoms with Gasteiger partial charge in [0.1, 0.15) is 5.69 Å². The van der Waals surface area contributed by atoms with Crippen LogP contribution in [0.1, 0.15) is 17.9 Å². The van der Waals surface area contributed by atoms with Gasteiger partial charge in [0, 0.05) is 37.7 Å². The van der Waals surface area contributed by atoms with Gasteiger partial charge in [0.2, 0.25) is 17.7 Å². The molecule has 0 saturated heterocycles. The molecule has 8 nitrogen and oxygen atoms in total. The number of fused-ring (bicyclic) bond motifs is 1. The van der Waals surface area contributed by atoms with Crippen LogP contribution in [0.25, 0.3) is 0 Å². The van der Waals surface area contributed by atoms with Crippen LogP contribution in [0.15, 0.2) is 36.4 Å². The van der Waals surface area contributed by atoms with Gasteiger partial charge in [0.05, 0.1) is 14.2 Å². The first-order valence-electron chi connectivity index (χ1n) is 8.52. The van der Waals surface area contributed by atoms with Gasteiger partial charge in [-0.3, -0.25) is 4.79 Å². The highest BCUT2D eigenvalue weighted by molar-refractivity contribution is 5.97. The normalized spacial score (nSPS) is 15.7. The zero-order valence-corrected chi connectivity index (χ0v) is 15.5. The van der Waals surface area contributed by atoms with Crippen LogP contribution in [-0.2, 0) is 4.79 Å². The summed E-state index contributed by atoms with van der Waals surface area (Å²) in [6.07, 6.45) is 0.348. The van der Waals surface area contributed by atoms with Crippen LogP contribution < -0.4 is 25.0 Å². The Kier molecular flexibility index (Phi) is 5.44. The number of nitrogens with zero attached hydrogens (tertiary/aromatic N) is 2. The molecule has 0 aliphatic carbocycles. The van der Waals surface area contributed by atoms with Gasteiger partial charge < -0.3 is 25.0 Å². The van der Waals surface area contributed by atoms with Crippen molar-refractivity contribution in [1.29, 1.82) is 0 Å². The van der Waals surface area contributed by atoms with Crippen molar-refractivity contribution >= 4 is 23.3 Å². The van der Waals surface area contributed by atoms with Crippen molar-refractivity contribution in [3.8, 4) is 11.8 Å². The van der Waals surface area contributed by atoms with E-state index in [9.17, 15) is 9.59 Å². The second-order valence-electron chi connectivity index (χ2n) is 6.16. The van der Waals surface area contributed by atoms with Crippen molar-refractivity contribution in [3.05, 3.63) is 42.0 Å². The molecule has 1 aliphatic heterocycles. The molecular formula is C19H22N4O4. The molecule has 8 heteroatoms. The molecular weight excluding hydrogens is 348 g/mol. The maximum atomic E-state index is 12.3. The number of amides is 3. The number of para-hydroxylation sites is 1. The maximum absolute atomic E-state index is 12.3. The summed E-state index contributed by atoms with van der Waals surface area (Å²) in [7, 11) is 4.73. The second-order valence-corrected chi connectivity index (χ2v) is 6.16. The fourth-order valence-electron chi connectivity index (χ4n) is 3.08. The quantitative estimate of drug-likeness (QED) is 0.843. The van der Waals surface area contributed by atoms with Gasteiger partial charge in [-0.05, 0) is 17.7 Å². The summed E-state index contributed by atoms with van der Waals surface area (Å²) in [5.41, 5.74) is 2.35. The molecule has 0 bridgehead atoms. The molecule has 0 fully saturated rings. The maximum Gasteiger partial charge on any atom is 0.319 e. The van der Waals surface area contributed by atoms with Crippen LogP contribution in [0.5, 0.6) is 11.8 Å². The predicted molar refractivity (Wildman–Crippen MR) is 102 cm³/mol.